The third kappa shape index (κ3) is 7.43. The largest absolute Gasteiger partial charge is 0.394 e. The molecule has 0 aromatic heterocycles. The van der Waals surface area contributed by atoms with E-state index in [9.17, 15) is 0 Å². The van der Waals surface area contributed by atoms with Gasteiger partial charge in [-0.15, -0.1) is 0 Å². The summed E-state index contributed by atoms with van der Waals surface area (Å²) in [6.45, 7) is 14.7. The first-order valence-electron chi connectivity index (χ1n) is 5.73. The molecule has 1 fully saturated rings. The van der Waals surface area contributed by atoms with Gasteiger partial charge in [0.2, 0.25) is 0 Å². The Balaban J connectivity index is 0.000000336. The van der Waals surface area contributed by atoms with E-state index in [1.165, 1.54) is 6.42 Å². The first-order chi connectivity index (χ1) is 6.68. The molecule has 2 N–H and O–H groups in total. The molecule has 15 heavy (non-hydrogen) atoms. The Morgan fingerprint density at radius 1 is 1.33 bits per heavy atom. The Labute approximate surface area is 94.8 Å². The molecule has 2 nitrogen and oxygen atoms in total. The Hall–Kier alpha value is -0.500. The van der Waals surface area contributed by atoms with Crippen molar-refractivity contribution in [3.05, 3.63) is 12.3 Å². The Bertz CT molecular complexity index is 188. The van der Waals surface area contributed by atoms with E-state index in [0.29, 0.717) is 5.41 Å². The molecule has 0 bridgehead atoms. The Morgan fingerprint density at radius 2 is 1.73 bits per heavy atom. The van der Waals surface area contributed by atoms with Gasteiger partial charge >= 0.3 is 0 Å². The van der Waals surface area contributed by atoms with Crippen molar-refractivity contribution in [2.45, 2.75) is 59.4 Å². The fourth-order valence-electron chi connectivity index (χ4n) is 1.38. The lowest BCUT2D eigenvalue weighted by molar-refractivity contribution is 0.0988. The molecule has 2 heteroatoms. The van der Waals surface area contributed by atoms with Crippen LogP contribution in [0.2, 0.25) is 0 Å². The summed E-state index contributed by atoms with van der Waals surface area (Å²) in [6.07, 6.45) is 3.38. The normalized spacial score (nSPS) is 18.3. The number of allylic oxidation sites excluding steroid dienone is 1. The maximum absolute atomic E-state index is 8.98. The van der Waals surface area contributed by atoms with Crippen LogP contribution in [0.4, 0.5) is 0 Å². The molecule has 0 heterocycles. The number of aliphatic hydroxyl groups excluding tert-OH is 1. The lowest BCUT2D eigenvalue weighted by Crippen LogP contribution is -2.52. The molecule has 0 atom stereocenters. The summed E-state index contributed by atoms with van der Waals surface area (Å²) < 4.78 is 0. The molecule has 1 aliphatic carbocycles. The highest BCUT2D eigenvalue weighted by Gasteiger charge is 2.35. The van der Waals surface area contributed by atoms with E-state index >= 15 is 0 Å². The van der Waals surface area contributed by atoms with Crippen molar-refractivity contribution < 1.29 is 5.11 Å². The number of hydrogen-bond acceptors (Lipinski definition) is 2. The van der Waals surface area contributed by atoms with Gasteiger partial charge in [0.25, 0.3) is 0 Å². The van der Waals surface area contributed by atoms with Gasteiger partial charge in [-0.1, -0.05) is 34.3 Å². The monoisotopic (exact) mass is 213 g/mol. The van der Waals surface area contributed by atoms with E-state index in [0.717, 1.165) is 18.5 Å². The highest BCUT2D eigenvalue weighted by molar-refractivity contribution is 5.03. The maximum Gasteiger partial charge on any atom is 0.0661 e. The zero-order valence-corrected chi connectivity index (χ0v) is 11.0. The molecular weight excluding hydrogens is 186 g/mol. The van der Waals surface area contributed by atoms with Crippen LogP contribution in [0.5, 0.6) is 0 Å². The van der Waals surface area contributed by atoms with Crippen molar-refractivity contribution >= 4 is 0 Å². The van der Waals surface area contributed by atoms with E-state index in [4.69, 9.17) is 5.11 Å². The predicted molar refractivity (Wildman–Crippen MR) is 66.7 cm³/mol. The maximum atomic E-state index is 8.98. The summed E-state index contributed by atoms with van der Waals surface area (Å²) >= 11 is 0. The van der Waals surface area contributed by atoms with Gasteiger partial charge in [-0.2, -0.15) is 0 Å². The van der Waals surface area contributed by atoms with Gasteiger partial charge in [0.15, 0.2) is 0 Å². The molecule has 0 aromatic rings. The van der Waals surface area contributed by atoms with Crippen molar-refractivity contribution in [3.63, 3.8) is 0 Å². The minimum atomic E-state index is -0.00810. The fraction of sp³-hybridized carbons (Fsp3) is 0.846. The van der Waals surface area contributed by atoms with E-state index in [1.807, 2.05) is 6.92 Å². The van der Waals surface area contributed by atoms with Crippen LogP contribution in [-0.4, -0.2) is 17.3 Å². The van der Waals surface area contributed by atoms with E-state index < -0.39 is 0 Å². The van der Waals surface area contributed by atoms with Crippen molar-refractivity contribution in [3.8, 4) is 0 Å². The molecule has 90 valence electrons. The van der Waals surface area contributed by atoms with Crippen molar-refractivity contribution in [1.29, 1.82) is 0 Å². The zero-order chi connectivity index (χ0) is 12.1. The van der Waals surface area contributed by atoms with Gasteiger partial charge in [0.1, 0.15) is 0 Å². The van der Waals surface area contributed by atoms with Gasteiger partial charge in [0, 0.05) is 5.70 Å². The third-order valence-electron chi connectivity index (χ3n) is 2.09. The highest BCUT2D eigenvalue weighted by atomic mass is 16.3. The zero-order valence-electron chi connectivity index (χ0n) is 11.0. The first kappa shape index (κ1) is 14.5. The van der Waals surface area contributed by atoms with Crippen LogP contribution in [0, 0.1) is 5.41 Å². The van der Waals surface area contributed by atoms with E-state index in [1.54, 1.807) is 0 Å². The molecule has 0 amide bonds. The summed E-state index contributed by atoms with van der Waals surface area (Å²) in [7, 11) is 0. The smallest absolute Gasteiger partial charge is 0.0661 e. The molecule has 0 unspecified atom stereocenters. The molecule has 1 rings (SSSR count). The predicted octanol–water partition coefficient (Wildman–Crippen LogP) is 3.08. The SMILES string of the molecule is C=C(C)NC1(CO)CCC1.CC(C)(C)C. The van der Waals surface area contributed by atoms with Gasteiger partial charge in [0.05, 0.1) is 12.1 Å². The molecule has 1 aliphatic rings. The van der Waals surface area contributed by atoms with Crippen LogP contribution in [0.3, 0.4) is 0 Å². The van der Waals surface area contributed by atoms with Crippen molar-refractivity contribution in [2.24, 2.45) is 5.41 Å². The molecule has 0 saturated heterocycles. The minimum Gasteiger partial charge on any atom is -0.394 e. The molecule has 1 saturated carbocycles. The minimum absolute atomic E-state index is 0.00810. The number of rotatable bonds is 3. The molecule has 0 aromatic carbocycles. The number of hydrogen-bond donors (Lipinski definition) is 2. The lowest BCUT2D eigenvalue weighted by atomic mass is 9.77. The summed E-state index contributed by atoms with van der Waals surface area (Å²) in [6, 6.07) is 0. The molecule has 0 radical (unpaired) electrons. The summed E-state index contributed by atoms with van der Waals surface area (Å²) in [5.74, 6) is 0. The van der Waals surface area contributed by atoms with Crippen molar-refractivity contribution in [1.82, 2.24) is 5.32 Å². The third-order valence-corrected chi connectivity index (χ3v) is 2.09. The second-order valence-corrected chi connectivity index (χ2v) is 6.20. The standard InChI is InChI=1S/C8H15NO.C5H12/c1-7(2)9-8(6-10)4-3-5-8;1-5(2,3)4/h9-10H,1,3-6H2,2H3;1-4H3. The van der Waals surface area contributed by atoms with Crippen LogP contribution in [0.15, 0.2) is 12.3 Å². The number of aliphatic hydroxyl groups is 1. The van der Waals surface area contributed by atoms with E-state index in [2.05, 4.69) is 39.6 Å². The lowest BCUT2D eigenvalue weighted by Gasteiger charge is -2.41. The van der Waals surface area contributed by atoms with Crippen LogP contribution < -0.4 is 5.32 Å². The van der Waals surface area contributed by atoms with Crippen LogP contribution in [-0.2, 0) is 0 Å². The van der Waals surface area contributed by atoms with Gasteiger partial charge in [-0.3, -0.25) is 0 Å². The quantitative estimate of drug-likeness (QED) is 0.755. The van der Waals surface area contributed by atoms with Crippen LogP contribution >= 0.6 is 0 Å². The summed E-state index contributed by atoms with van der Waals surface area (Å²) in [4.78, 5) is 0. The van der Waals surface area contributed by atoms with E-state index in [-0.39, 0.29) is 12.1 Å². The molecular formula is C13H27NO. The molecule has 0 aliphatic heterocycles. The average molecular weight is 213 g/mol. The average Bonchev–Trinajstić information content (AvgIpc) is 1.93. The van der Waals surface area contributed by atoms with Crippen LogP contribution in [0.25, 0.3) is 0 Å². The second-order valence-electron chi connectivity index (χ2n) is 6.20. The van der Waals surface area contributed by atoms with Gasteiger partial charge in [-0.25, -0.2) is 0 Å². The Kier molecular flexibility index (Phi) is 5.36. The van der Waals surface area contributed by atoms with Crippen LogP contribution in [0.1, 0.15) is 53.9 Å². The second kappa shape index (κ2) is 5.55. The summed E-state index contributed by atoms with van der Waals surface area (Å²) in [5, 5.41) is 12.2. The highest BCUT2D eigenvalue weighted by Crippen LogP contribution is 2.31. The Morgan fingerprint density at radius 3 is 1.80 bits per heavy atom. The van der Waals surface area contributed by atoms with Gasteiger partial charge in [-0.05, 0) is 31.6 Å². The first-order valence-corrected chi connectivity index (χ1v) is 5.73. The molecule has 0 spiro atoms. The number of nitrogens with one attached hydrogen (secondary N) is 1. The fourth-order valence-corrected chi connectivity index (χ4v) is 1.38. The summed E-state index contributed by atoms with van der Waals surface area (Å²) in [5.41, 5.74) is 1.44. The topological polar surface area (TPSA) is 32.3 Å². The van der Waals surface area contributed by atoms with Gasteiger partial charge < -0.3 is 10.4 Å². The van der Waals surface area contributed by atoms with Crippen molar-refractivity contribution in [2.75, 3.05) is 6.61 Å².